The van der Waals surface area contributed by atoms with Crippen molar-refractivity contribution in [1.29, 1.82) is 5.26 Å². The van der Waals surface area contributed by atoms with Crippen LogP contribution in [-0.4, -0.2) is 62.2 Å². The molecule has 2 aromatic carbocycles. The van der Waals surface area contributed by atoms with Gasteiger partial charge in [0, 0.05) is 5.56 Å². The van der Waals surface area contributed by atoms with Crippen molar-refractivity contribution >= 4 is 0 Å². The lowest BCUT2D eigenvalue weighted by atomic mass is 9.81. The van der Waals surface area contributed by atoms with Crippen LogP contribution in [0.4, 0.5) is 0 Å². The second-order valence-corrected chi connectivity index (χ2v) is 8.79. The van der Waals surface area contributed by atoms with Crippen LogP contribution in [0, 0.1) is 23.2 Å². The monoisotopic (exact) mass is 449 g/mol. The van der Waals surface area contributed by atoms with Gasteiger partial charge in [0.2, 0.25) is 0 Å². The Morgan fingerprint density at radius 1 is 1.00 bits per heavy atom. The van der Waals surface area contributed by atoms with Crippen LogP contribution < -0.4 is 0 Å². The minimum atomic E-state index is -1.47. The first-order valence-corrected chi connectivity index (χ1v) is 11.0. The molecule has 7 heteroatoms. The van der Waals surface area contributed by atoms with Gasteiger partial charge in [0.25, 0.3) is 0 Å². The van der Waals surface area contributed by atoms with Crippen molar-refractivity contribution in [2.45, 2.75) is 61.8 Å². The maximum Gasteiger partial charge on any atom is 0.125 e. The highest BCUT2D eigenvalue weighted by atomic mass is 16.5. The predicted molar refractivity (Wildman–Crippen MR) is 119 cm³/mol. The summed E-state index contributed by atoms with van der Waals surface area (Å²) in [4.78, 5) is 0. The highest BCUT2D eigenvalue weighted by molar-refractivity contribution is 5.45. The molecule has 1 saturated heterocycles. The van der Waals surface area contributed by atoms with Crippen molar-refractivity contribution in [2.24, 2.45) is 0 Å². The van der Waals surface area contributed by atoms with Crippen molar-refractivity contribution in [3.8, 4) is 17.9 Å². The molecule has 1 aliphatic heterocycles. The van der Waals surface area contributed by atoms with Gasteiger partial charge in [-0.2, -0.15) is 5.26 Å². The summed E-state index contributed by atoms with van der Waals surface area (Å²) in [5.41, 5.74) is 2.62. The number of nitriles is 1. The molecule has 0 amide bonds. The zero-order chi connectivity index (χ0) is 23.6. The molecule has 5 N–H and O–H groups in total. The molecule has 5 atom stereocenters. The van der Waals surface area contributed by atoms with E-state index in [1.807, 2.05) is 24.3 Å². The maximum absolute atomic E-state index is 10.4. The first kappa shape index (κ1) is 23.4. The number of nitrogens with zero attached hydrogens (tertiary/aromatic N) is 1. The number of rotatable bonds is 4. The van der Waals surface area contributed by atoms with Gasteiger partial charge in [-0.25, -0.2) is 0 Å². The van der Waals surface area contributed by atoms with Gasteiger partial charge in [-0.15, -0.1) is 0 Å². The van der Waals surface area contributed by atoms with Crippen molar-refractivity contribution in [2.75, 3.05) is 6.61 Å². The smallest absolute Gasteiger partial charge is 0.125 e. The van der Waals surface area contributed by atoms with E-state index >= 15 is 0 Å². The fourth-order valence-corrected chi connectivity index (χ4v) is 4.17. The maximum atomic E-state index is 10.4. The van der Waals surface area contributed by atoms with E-state index in [4.69, 9.17) is 4.74 Å². The average molecular weight is 450 g/mol. The quantitative estimate of drug-likeness (QED) is 0.439. The number of aliphatic hydroxyl groups excluding tert-OH is 4. The molecule has 1 saturated carbocycles. The van der Waals surface area contributed by atoms with Gasteiger partial charge >= 0.3 is 0 Å². The first-order chi connectivity index (χ1) is 15.8. The summed E-state index contributed by atoms with van der Waals surface area (Å²) < 4.78 is 5.65. The normalized spacial score (nSPS) is 28.2. The molecule has 172 valence electrons. The minimum Gasteiger partial charge on any atom is -0.394 e. The van der Waals surface area contributed by atoms with E-state index in [9.17, 15) is 30.8 Å². The van der Waals surface area contributed by atoms with E-state index in [1.54, 1.807) is 18.2 Å². The Kier molecular flexibility index (Phi) is 6.83. The van der Waals surface area contributed by atoms with Crippen molar-refractivity contribution in [1.82, 2.24) is 0 Å². The molecule has 0 aromatic heterocycles. The second kappa shape index (κ2) is 9.62. The van der Waals surface area contributed by atoms with Crippen LogP contribution >= 0.6 is 0 Å². The minimum absolute atomic E-state index is 0.450. The van der Waals surface area contributed by atoms with Crippen LogP contribution in [0.15, 0.2) is 42.5 Å². The molecule has 2 fully saturated rings. The zero-order valence-electron chi connectivity index (χ0n) is 18.1. The number of benzene rings is 2. The predicted octanol–water partition coefficient (Wildman–Crippen LogP) is 0.930. The summed E-state index contributed by atoms with van der Waals surface area (Å²) in [5, 5.41) is 59.7. The summed E-state index contributed by atoms with van der Waals surface area (Å²) in [6.45, 7) is -0.503. The van der Waals surface area contributed by atoms with Crippen molar-refractivity contribution in [3.63, 3.8) is 0 Å². The van der Waals surface area contributed by atoms with E-state index in [0.29, 0.717) is 30.4 Å². The lowest BCUT2D eigenvalue weighted by molar-refractivity contribution is -0.231. The molecule has 33 heavy (non-hydrogen) atoms. The Morgan fingerprint density at radius 2 is 1.73 bits per heavy atom. The third-order valence-corrected chi connectivity index (χ3v) is 6.44. The summed E-state index contributed by atoms with van der Waals surface area (Å²) >= 11 is 0. The van der Waals surface area contributed by atoms with Crippen LogP contribution in [0.25, 0.3) is 0 Å². The number of hydrogen-bond donors (Lipinski definition) is 5. The molecule has 0 spiro atoms. The fourth-order valence-electron chi connectivity index (χ4n) is 4.17. The average Bonchev–Trinajstić information content (AvgIpc) is 2.81. The van der Waals surface area contributed by atoms with Gasteiger partial charge in [-0.3, -0.25) is 0 Å². The van der Waals surface area contributed by atoms with E-state index in [-0.39, 0.29) is 0 Å². The standard InChI is InChI=1S/C26H27NO6/c27-14-19-7-6-18(25-24(31)23(30)22(29)21(15-28)33-25)13-20(19)12-17-4-2-16(3-5-17)8-11-26(32)9-1-10-26/h2-7,13,21-25,28-32H,1,9-10,12,15H2/t21-,22-,23+,24-,25+/m1/s1. The molecule has 0 bridgehead atoms. The van der Waals surface area contributed by atoms with E-state index in [2.05, 4.69) is 17.9 Å². The lowest BCUT2D eigenvalue weighted by Gasteiger charge is -2.40. The Bertz CT molecular complexity index is 1090. The fraction of sp³-hybridized carbons (Fsp3) is 0.423. The molecule has 0 radical (unpaired) electrons. The van der Waals surface area contributed by atoms with Gasteiger partial charge in [0.05, 0.1) is 18.2 Å². The second-order valence-electron chi connectivity index (χ2n) is 8.79. The molecule has 1 aliphatic carbocycles. The Labute approximate surface area is 192 Å². The summed E-state index contributed by atoms with van der Waals surface area (Å²) in [5.74, 6) is 5.94. The molecule has 1 heterocycles. The topological polar surface area (TPSA) is 134 Å². The molecule has 0 unspecified atom stereocenters. The molecular formula is C26H27NO6. The largest absolute Gasteiger partial charge is 0.394 e. The first-order valence-electron chi connectivity index (χ1n) is 11.0. The van der Waals surface area contributed by atoms with Crippen LogP contribution in [0.3, 0.4) is 0 Å². The Hall–Kier alpha value is -2.75. The number of ether oxygens (including phenoxy) is 1. The SMILES string of the molecule is N#Cc1ccc([C@@H]2O[C@H](CO)[C@@H](O)[C@H](O)[C@H]2O)cc1Cc1ccc(C#CC2(O)CCC2)cc1. The molecular weight excluding hydrogens is 422 g/mol. The molecule has 2 aromatic rings. The molecule has 2 aliphatic rings. The van der Waals surface area contributed by atoms with Gasteiger partial charge in [0.15, 0.2) is 0 Å². The van der Waals surface area contributed by atoms with E-state index < -0.39 is 42.7 Å². The van der Waals surface area contributed by atoms with E-state index in [1.165, 1.54) is 0 Å². The Balaban J connectivity index is 1.54. The third kappa shape index (κ3) is 4.95. The summed E-state index contributed by atoms with van der Waals surface area (Å²) in [6, 6.07) is 14.8. The van der Waals surface area contributed by atoms with E-state index in [0.717, 1.165) is 23.1 Å². The lowest BCUT2D eigenvalue weighted by Crippen LogP contribution is -2.55. The highest BCUT2D eigenvalue weighted by Crippen LogP contribution is 2.34. The van der Waals surface area contributed by atoms with Crippen molar-refractivity contribution in [3.05, 3.63) is 70.3 Å². The van der Waals surface area contributed by atoms with Crippen LogP contribution in [0.2, 0.25) is 0 Å². The van der Waals surface area contributed by atoms with Gasteiger partial charge in [-0.05, 0) is 60.6 Å². The van der Waals surface area contributed by atoms with Crippen LogP contribution in [0.5, 0.6) is 0 Å². The van der Waals surface area contributed by atoms with Crippen LogP contribution in [-0.2, 0) is 11.2 Å². The number of hydrogen-bond acceptors (Lipinski definition) is 7. The third-order valence-electron chi connectivity index (χ3n) is 6.44. The molecule has 4 rings (SSSR count). The highest BCUT2D eigenvalue weighted by Gasteiger charge is 2.44. The molecule has 7 nitrogen and oxygen atoms in total. The van der Waals surface area contributed by atoms with Crippen molar-refractivity contribution < 1.29 is 30.3 Å². The van der Waals surface area contributed by atoms with Gasteiger partial charge < -0.3 is 30.3 Å². The summed E-state index contributed by atoms with van der Waals surface area (Å²) in [6.07, 6.45) is -3.37. The van der Waals surface area contributed by atoms with Gasteiger partial charge in [0.1, 0.15) is 36.1 Å². The zero-order valence-corrected chi connectivity index (χ0v) is 18.1. The van der Waals surface area contributed by atoms with Gasteiger partial charge in [-0.1, -0.05) is 36.1 Å². The number of aliphatic hydroxyl groups is 5. The van der Waals surface area contributed by atoms with Crippen LogP contribution in [0.1, 0.15) is 53.2 Å². The summed E-state index contributed by atoms with van der Waals surface area (Å²) in [7, 11) is 0. The Morgan fingerprint density at radius 3 is 2.33 bits per heavy atom.